The predicted molar refractivity (Wildman–Crippen MR) is 149 cm³/mol. The van der Waals surface area contributed by atoms with Gasteiger partial charge in [0.15, 0.2) is 5.78 Å². The Bertz CT molecular complexity index is 1610. The first kappa shape index (κ1) is 25.0. The van der Waals surface area contributed by atoms with Crippen LogP contribution >= 0.6 is 0 Å². The zero-order valence-corrected chi connectivity index (χ0v) is 22.4. The fourth-order valence-corrected chi connectivity index (χ4v) is 6.10. The van der Waals surface area contributed by atoms with E-state index in [1.807, 2.05) is 49.4 Å². The molecule has 0 N–H and O–H groups in total. The first-order valence-corrected chi connectivity index (χ1v) is 13.2. The molecule has 7 nitrogen and oxygen atoms in total. The smallest absolute Gasteiger partial charge is 0.191 e. The highest BCUT2D eigenvalue weighted by Crippen LogP contribution is 2.51. The van der Waals surface area contributed by atoms with Gasteiger partial charge in [0.25, 0.3) is 0 Å². The van der Waals surface area contributed by atoms with Crippen molar-refractivity contribution in [3.8, 4) is 5.69 Å². The molecule has 3 aromatic heterocycles. The van der Waals surface area contributed by atoms with Crippen molar-refractivity contribution in [2.45, 2.75) is 38.6 Å². The molecule has 1 aromatic carbocycles. The lowest BCUT2D eigenvalue weighted by atomic mass is 9.60. The molecule has 0 radical (unpaired) electrons. The van der Waals surface area contributed by atoms with E-state index < -0.39 is 5.41 Å². The van der Waals surface area contributed by atoms with Gasteiger partial charge in [-0.15, -0.1) is 0 Å². The second kappa shape index (κ2) is 9.45. The molecule has 0 amide bonds. The summed E-state index contributed by atoms with van der Waals surface area (Å²) in [6.07, 6.45) is 12.3. The van der Waals surface area contributed by atoms with E-state index in [9.17, 15) is 9.18 Å². The van der Waals surface area contributed by atoms with Gasteiger partial charge >= 0.3 is 0 Å². The highest BCUT2D eigenvalue weighted by molar-refractivity contribution is 6.02. The standard InChI is InChI=1S/C31H31FN6O/c1-20-11-12-33-28(13-20)30(39)31-15-22-17-35-38(26-9-6-25(32)7-10-26)29(22)14-24(31)5-8-27(16-31)37(4)21(2)23-18-34-36(3)19-23/h6-7,9-14,17-19,27H,2,5,8,15-16H2,1,3-4H3/t27-,31-/m0/s1. The number of Topliss-reactive ketones (excluding diaryl/α,β-unsaturated/α-hetero) is 1. The lowest BCUT2D eigenvalue weighted by Crippen LogP contribution is -2.47. The van der Waals surface area contributed by atoms with E-state index in [2.05, 4.69) is 39.8 Å². The average Bonchev–Trinajstić information content (AvgIpc) is 3.56. The van der Waals surface area contributed by atoms with Gasteiger partial charge in [0.1, 0.15) is 11.5 Å². The van der Waals surface area contributed by atoms with E-state index in [4.69, 9.17) is 0 Å². The van der Waals surface area contributed by atoms with Gasteiger partial charge in [-0.3, -0.25) is 14.5 Å². The fraction of sp³-hybridized carbons (Fsp3) is 0.290. The van der Waals surface area contributed by atoms with E-state index in [1.165, 1.54) is 12.1 Å². The number of ketones is 1. The minimum Gasteiger partial charge on any atom is -0.371 e. The number of halogens is 1. The largest absolute Gasteiger partial charge is 0.371 e. The molecule has 0 saturated heterocycles. The van der Waals surface area contributed by atoms with Crippen LogP contribution in [0.25, 0.3) is 17.5 Å². The third kappa shape index (κ3) is 4.30. The summed E-state index contributed by atoms with van der Waals surface area (Å²) in [7, 11) is 3.95. The number of rotatable bonds is 6. The first-order chi connectivity index (χ1) is 18.7. The summed E-state index contributed by atoms with van der Waals surface area (Å²) in [6, 6.07) is 10.2. The Kier molecular flexibility index (Phi) is 6.05. The minimum atomic E-state index is -0.739. The Morgan fingerprint density at radius 1 is 1.18 bits per heavy atom. The van der Waals surface area contributed by atoms with Crippen LogP contribution in [0.3, 0.4) is 0 Å². The lowest BCUT2D eigenvalue weighted by molar-refractivity contribution is 0.0738. The molecule has 1 fully saturated rings. The number of pyridine rings is 1. The van der Waals surface area contributed by atoms with Crippen molar-refractivity contribution in [2.75, 3.05) is 7.05 Å². The maximum absolute atomic E-state index is 14.4. The Hall–Kier alpha value is -4.33. The maximum Gasteiger partial charge on any atom is 0.191 e. The van der Waals surface area contributed by atoms with E-state index in [-0.39, 0.29) is 17.6 Å². The Balaban J connectivity index is 1.40. The van der Waals surface area contributed by atoms with Crippen molar-refractivity contribution in [1.29, 1.82) is 0 Å². The van der Waals surface area contributed by atoms with Crippen LogP contribution in [-0.2, 0) is 13.5 Å². The van der Waals surface area contributed by atoms with Crippen LogP contribution in [0.15, 0.2) is 73.3 Å². The first-order valence-electron chi connectivity index (χ1n) is 13.2. The summed E-state index contributed by atoms with van der Waals surface area (Å²) < 4.78 is 17.2. The van der Waals surface area contributed by atoms with Crippen LogP contribution < -0.4 is 0 Å². The van der Waals surface area contributed by atoms with Gasteiger partial charge in [0, 0.05) is 43.8 Å². The molecule has 39 heavy (non-hydrogen) atoms. The van der Waals surface area contributed by atoms with E-state index in [0.717, 1.165) is 52.2 Å². The topological polar surface area (TPSA) is 68.8 Å². The molecule has 2 atom stereocenters. The summed E-state index contributed by atoms with van der Waals surface area (Å²) in [5.74, 6) is -0.244. The second-order valence-corrected chi connectivity index (χ2v) is 10.8. The van der Waals surface area contributed by atoms with Crippen molar-refractivity contribution in [3.63, 3.8) is 0 Å². The Morgan fingerprint density at radius 2 is 1.97 bits per heavy atom. The molecule has 198 valence electrons. The quantitative estimate of drug-likeness (QED) is 0.317. The fourth-order valence-electron chi connectivity index (χ4n) is 6.10. The van der Waals surface area contributed by atoms with E-state index >= 15 is 0 Å². The molecule has 1 saturated carbocycles. The van der Waals surface area contributed by atoms with Crippen LogP contribution in [0, 0.1) is 18.2 Å². The molecule has 0 bridgehead atoms. The zero-order valence-electron chi connectivity index (χ0n) is 22.4. The number of aryl methyl sites for hydroxylation is 2. The minimum absolute atomic E-state index is 0.0442. The Morgan fingerprint density at radius 3 is 2.69 bits per heavy atom. The SMILES string of the molecule is C=C(c1cnn(C)c1)N(C)[C@H]1CCC2=Cc3c(cnn3-c3ccc(F)cc3)C[C@]2(C(=O)c2cc(C)ccn2)C1. The Labute approximate surface area is 227 Å². The number of benzene rings is 1. The van der Waals surface area contributed by atoms with Crippen LogP contribution in [0.2, 0.25) is 0 Å². The van der Waals surface area contributed by atoms with Gasteiger partial charge in [0.2, 0.25) is 0 Å². The molecule has 0 spiro atoms. The molecule has 8 heteroatoms. The zero-order chi connectivity index (χ0) is 27.3. The average molecular weight is 523 g/mol. The summed E-state index contributed by atoms with van der Waals surface area (Å²) in [5, 5.41) is 8.95. The molecule has 0 unspecified atom stereocenters. The summed E-state index contributed by atoms with van der Waals surface area (Å²) >= 11 is 0. The summed E-state index contributed by atoms with van der Waals surface area (Å²) in [5.41, 5.74) is 6.44. The molecule has 6 rings (SSSR count). The van der Waals surface area contributed by atoms with Crippen molar-refractivity contribution < 1.29 is 9.18 Å². The maximum atomic E-state index is 14.4. The van der Waals surface area contributed by atoms with Gasteiger partial charge in [-0.1, -0.05) is 12.2 Å². The van der Waals surface area contributed by atoms with Gasteiger partial charge in [-0.25, -0.2) is 9.07 Å². The molecule has 4 aromatic rings. The highest BCUT2D eigenvalue weighted by Gasteiger charge is 2.50. The van der Waals surface area contributed by atoms with Crippen molar-refractivity contribution in [3.05, 3.63) is 107 Å². The number of fused-ring (bicyclic) bond motifs is 2. The van der Waals surface area contributed by atoms with Crippen molar-refractivity contribution in [1.82, 2.24) is 29.4 Å². The highest BCUT2D eigenvalue weighted by atomic mass is 19.1. The summed E-state index contributed by atoms with van der Waals surface area (Å²) in [4.78, 5) is 21.1. The number of nitrogens with zero attached hydrogens (tertiary/aromatic N) is 6. The van der Waals surface area contributed by atoms with Gasteiger partial charge in [0.05, 0.1) is 29.2 Å². The number of hydrogen-bond acceptors (Lipinski definition) is 5. The molecular formula is C31H31FN6O. The predicted octanol–water partition coefficient (Wildman–Crippen LogP) is 5.41. The van der Waals surface area contributed by atoms with Crippen molar-refractivity contribution in [2.24, 2.45) is 12.5 Å². The van der Waals surface area contributed by atoms with Gasteiger partial charge in [-0.05, 0) is 86.2 Å². The van der Waals surface area contributed by atoms with Gasteiger partial charge in [-0.2, -0.15) is 10.2 Å². The number of hydrogen-bond donors (Lipinski definition) is 0. The normalized spacial score (nSPS) is 20.1. The lowest BCUT2D eigenvalue weighted by Gasteiger charge is -2.47. The molecule has 2 aliphatic rings. The summed E-state index contributed by atoms with van der Waals surface area (Å²) in [6.45, 7) is 6.33. The monoisotopic (exact) mass is 522 g/mol. The number of allylic oxidation sites excluding steroid dienone is 1. The van der Waals surface area contributed by atoms with Crippen LogP contribution in [0.5, 0.6) is 0 Å². The molecule has 3 heterocycles. The third-order valence-electron chi connectivity index (χ3n) is 8.30. The van der Waals surface area contributed by atoms with E-state index in [1.54, 1.807) is 23.0 Å². The van der Waals surface area contributed by atoms with Crippen molar-refractivity contribution >= 4 is 17.6 Å². The molecule has 2 aliphatic carbocycles. The van der Waals surface area contributed by atoms with Crippen LogP contribution in [-0.4, -0.2) is 48.3 Å². The number of carbonyl (C=O) groups excluding carboxylic acids is 1. The number of aromatic nitrogens is 5. The third-order valence-corrected chi connectivity index (χ3v) is 8.30. The number of carbonyl (C=O) groups is 1. The second-order valence-electron chi connectivity index (χ2n) is 10.8. The van der Waals surface area contributed by atoms with Gasteiger partial charge < -0.3 is 4.90 Å². The molecular weight excluding hydrogens is 491 g/mol. The van der Waals surface area contributed by atoms with E-state index in [0.29, 0.717) is 18.5 Å². The van der Waals surface area contributed by atoms with Crippen LogP contribution in [0.4, 0.5) is 4.39 Å². The van der Waals surface area contributed by atoms with Crippen LogP contribution in [0.1, 0.15) is 52.1 Å². The molecule has 0 aliphatic heterocycles.